The highest BCUT2D eigenvalue weighted by Crippen LogP contribution is 2.13. The van der Waals surface area contributed by atoms with E-state index in [9.17, 15) is 4.79 Å². The number of nitrogens with one attached hydrogen (secondary N) is 2. The zero-order valence-electron chi connectivity index (χ0n) is 10.4. The number of aromatic nitrogens is 2. The van der Waals surface area contributed by atoms with Crippen molar-refractivity contribution in [1.82, 2.24) is 10.1 Å². The maximum Gasteiger partial charge on any atom is 0.257 e. The molecule has 0 fully saturated rings. The Kier molecular flexibility index (Phi) is 3.27. The van der Waals surface area contributed by atoms with Crippen LogP contribution in [0.3, 0.4) is 0 Å². The summed E-state index contributed by atoms with van der Waals surface area (Å²) in [6.07, 6.45) is 0. The Morgan fingerprint density at radius 3 is 2.61 bits per heavy atom. The molecule has 6 nitrogen and oxygen atoms in total. The first kappa shape index (κ1) is 12.1. The lowest BCUT2D eigenvalue weighted by Crippen LogP contribution is -2.13. The first-order valence-electron chi connectivity index (χ1n) is 5.49. The second kappa shape index (κ2) is 4.87. The molecule has 2 rings (SSSR count). The maximum atomic E-state index is 12.0. The Hall–Kier alpha value is -2.37. The molecule has 18 heavy (non-hydrogen) atoms. The number of pyridine rings is 1. The van der Waals surface area contributed by atoms with Crippen molar-refractivity contribution in [2.24, 2.45) is 0 Å². The summed E-state index contributed by atoms with van der Waals surface area (Å²) in [5.41, 5.74) is 1.29. The van der Waals surface area contributed by atoms with Gasteiger partial charge in [-0.2, -0.15) is 0 Å². The number of hydrogen-bond donors (Lipinski definition) is 2. The van der Waals surface area contributed by atoms with Gasteiger partial charge in [0.05, 0.1) is 0 Å². The molecule has 0 bridgehead atoms. The van der Waals surface area contributed by atoms with E-state index in [-0.39, 0.29) is 5.91 Å². The number of nitrogens with zero attached hydrogens (tertiary/aromatic N) is 2. The van der Waals surface area contributed by atoms with E-state index in [2.05, 4.69) is 20.8 Å². The third kappa shape index (κ3) is 2.65. The van der Waals surface area contributed by atoms with Gasteiger partial charge in [-0.15, -0.1) is 0 Å². The van der Waals surface area contributed by atoms with Crippen LogP contribution in [0.5, 0.6) is 0 Å². The van der Waals surface area contributed by atoms with Crippen LogP contribution in [0.1, 0.15) is 21.8 Å². The van der Waals surface area contributed by atoms with Gasteiger partial charge in [0.15, 0.2) is 5.82 Å². The molecule has 0 aliphatic heterocycles. The van der Waals surface area contributed by atoms with Gasteiger partial charge in [-0.05, 0) is 26.0 Å². The summed E-state index contributed by atoms with van der Waals surface area (Å²) in [6, 6.07) is 5.04. The summed E-state index contributed by atoms with van der Waals surface area (Å²) >= 11 is 0. The van der Waals surface area contributed by atoms with E-state index in [1.165, 1.54) is 0 Å². The highest BCUT2D eigenvalue weighted by Gasteiger charge is 2.10. The summed E-state index contributed by atoms with van der Waals surface area (Å²) in [6.45, 7) is 3.59. The third-order valence-electron chi connectivity index (χ3n) is 2.34. The number of carbonyl (C=O) groups is 1. The molecular formula is C12H14N4O2. The molecule has 1 amide bonds. The first-order valence-corrected chi connectivity index (χ1v) is 5.49. The normalized spacial score (nSPS) is 10.2. The van der Waals surface area contributed by atoms with Crippen molar-refractivity contribution in [3.05, 3.63) is 35.2 Å². The Morgan fingerprint density at radius 2 is 2.00 bits per heavy atom. The van der Waals surface area contributed by atoms with Crippen molar-refractivity contribution in [3.8, 4) is 0 Å². The number of rotatable bonds is 3. The second-order valence-electron chi connectivity index (χ2n) is 3.91. The lowest BCUT2D eigenvalue weighted by atomic mass is 10.2. The molecule has 0 aromatic carbocycles. The Balaban J connectivity index is 2.20. The van der Waals surface area contributed by atoms with Gasteiger partial charge in [0.1, 0.15) is 11.6 Å². The number of aryl methyl sites for hydroxylation is 2. The molecule has 0 atom stereocenters. The predicted molar refractivity (Wildman–Crippen MR) is 67.7 cm³/mol. The van der Waals surface area contributed by atoms with E-state index in [1.807, 2.05) is 6.92 Å². The van der Waals surface area contributed by atoms with E-state index in [0.29, 0.717) is 23.0 Å². The van der Waals surface area contributed by atoms with Crippen molar-refractivity contribution < 1.29 is 9.32 Å². The fraction of sp³-hybridized carbons (Fsp3) is 0.250. The molecule has 0 saturated heterocycles. The molecule has 0 saturated carbocycles. The van der Waals surface area contributed by atoms with Gasteiger partial charge < -0.3 is 15.2 Å². The van der Waals surface area contributed by atoms with Crippen molar-refractivity contribution >= 4 is 17.5 Å². The fourth-order valence-corrected chi connectivity index (χ4v) is 1.54. The van der Waals surface area contributed by atoms with E-state index in [0.717, 1.165) is 5.69 Å². The van der Waals surface area contributed by atoms with Crippen molar-refractivity contribution in [2.45, 2.75) is 13.8 Å². The molecule has 2 N–H and O–H groups in total. The lowest BCUT2D eigenvalue weighted by molar-refractivity contribution is 0.102. The highest BCUT2D eigenvalue weighted by molar-refractivity contribution is 6.04. The third-order valence-corrected chi connectivity index (χ3v) is 2.34. The van der Waals surface area contributed by atoms with Crippen LogP contribution in [-0.4, -0.2) is 23.1 Å². The topological polar surface area (TPSA) is 80.0 Å². The standard InChI is InChI=1S/C12H14N4O2/c1-7-4-9(6-10(13-3)14-7)12(17)15-11-5-8(2)18-16-11/h4-6H,1-3H3,(H,13,14)(H,15,16,17). The Morgan fingerprint density at radius 1 is 1.22 bits per heavy atom. The van der Waals surface area contributed by atoms with Gasteiger partial charge >= 0.3 is 0 Å². The average molecular weight is 246 g/mol. The van der Waals surface area contributed by atoms with Gasteiger partial charge in [0.25, 0.3) is 5.91 Å². The number of anilines is 2. The summed E-state index contributed by atoms with van der Waals surface area (Å²) in [5.74, 6) is 1.45. The minimum atomic E-state index is -0.245. The summed E-state index contributed by atoms with van der Waals surface area (Å²) in [4.78, 5) is 16.2. The molecule has 2 aromatic heterocycles. The minimum absolute atomic E-state index is 0.245. The molecule has 94 valence electrons. The Bertz CT molecular complexity index is 577. The van der Waals surface area contributed by atoms with Crippen LogP contribution in [0.25, 0.3) is 0 Å². The molecule has 0 spiro atoms. The quantitative estimate of drug-likeness (QED) is 0.865. The number of carbonyl (C=O) groups excluding carboxylic acids is 1. The average Bonchev–Trinajstić information content (AvgIpc) is 2.73. The predicted octanol–water partition coefficient (Wildman–Crippen LogP) is 1.98. The Labute approximate surface area is 104 Å². The second-order valence-corrected chi connectivity index (χ2v) is 3.91. The zero-order chi connectivity index (χ0) is 13.1. The fourth-order valence-electron chi connectivity index (χ4n) is 1.54. The van der Waals surface area contributed by atoms with Gasteiger partial charge in [-0.3, -0.25) is 4.79 Å². The van der Waals surface area contributed by atoms with Crippen LogP contribution in [-0.2, 0) is 0 Å². The summed E-state index contributed by atoms with van der Waals surface area (Å²) in [7, 11) is 1.75. The van der Waals surface area contributed by atoms with E-state index < -0.39 is 0 Å². The smallest absolute Gasteiger partial charge is 0.257 e. The van der Waals surface area contributed by atoms with Gasteiger partial charge in [-0.1, -0.05) is 5.16 Å². The first-order chi connectivity index (χ1) is 8.58. The van der Waals surface area contributed by atoms with Crippen LogP contribution >= 0.6 is 0 Å². The highest BCUT2D eigenvalue weighted by atomic mass is 16.5. The van der Waals surface area contributed by atoms with Crippen LogP contribution < -0.4 is 10.6 Å². The maximum absolute atomic E-state index is 12.0. The molecule has 0 aliphatic rings. The van der Waals surface area contributed by atoms with Crippen LogP contribution in [0.4, 0.5) is 11.6 Å². The van der Waals surface area contributed by atoms with Crippen molar-refractivity contribution in [1.29, 1.82) is 0 Å². The summed E-state index contributed by atoms with van der Waals surface area (Å²) < 4.78 is 4.88. The van der Waals surface area contributed by atoms with Gasteiger partial charge in [-0.25, -0.2) is 4.98 Å². The van der Waals surface area contributed by atoms with Crippen LogP contribution in [0.2, 0.25) is 0 Å². The largest absolute Gasteiger partial charge is 0.373 e. The molecular weight excluding hydrogens is 232 g/mol. The molecule has 2 aromatic rings. The van der Waals surface area contributed by atoms with Crippen LogP contribution in [0.15, 0.2) is 22.7 Å². The lowest BCUT2D eigenvalue weighted by Gasteiger charge is -2.05. The molecule has 2 heterocycles. The van der Waals surface area contributed by atoms with Crippen LogP contribution in [0, 0.1) is 13.8 Å². The number of hydrogen-bond acceptors (Lipinski definition) is 5. The summed E-state index contributed by atoms with van der Waals surface area (Å²) in [5, 5.41) is 9.27. The SMILES string of the molecule is CNc1cc(C(=O)Nc2cc(C)on2)cc(C)n1. The minimum Gasteiger partial charge on any atom is -0.373 e. The van der Waals surface area contributed by atoms with Crippen molar-refractivity contribution in [2.75, 3.05) is 17.7 Å². The monoisotopic (exact) mass is 246 g/mol. The number of amides is 1. The molecule has 0 radical (unpaired) electrons. The molecule has 0 unspecified atom stereocenters. The molecule has 6 heteroatoms. The van der Waals surface area contributed by atoms with Crippen molar-refractivity contribution in [3.63, 3.8) is 0 Å². The zero-order valence-corrected chi connectivity index (χ0v) is 10.4. The van der Waals surface area contributed by atoms with Gasteiger partial charge in [0, 0.05) is 24.4 Å². The van der Waals surface area contributed by atoms with E-state index in [4.69, 9.17) is 4.52 Å². The van der Waals surface area contributed by atoms with E-state index in [1.54, 1.807) is 32.2 Å². The van der Waals surface area contributed by atoms with E-state index >= 15 is 0 Å². The molecule has 0 aliphatic carbocycles. The van der Waals surface area contributed by atoms with Gasteiger partial charge in [0.2, 0.25) is 0 Å².